The minimum absolute atomic E-state index is 0.0529. The first-order valence-electron chi connectivity index (χ1n) is 4.45. The molecule has 94 valence electrons. The monoisotopic (exact) mass is 438 g/mol. The van der Waals surface area contributed by atoms with E-state index in [1.807, 2.05) is 0 Å². The van der Waals surface area contributed by atoms with Crippen molar-refractivity contribution < 1.29 is 18.0 Å². The maximum absolute atomic E-state index is 12.3. The molecule has 1 aromatic carbocycles. The van der Waals surface area contributed by atoms with Crippen molar-refractivity contribution >= 4 is 56.1 Å². The predicted octanol–water partition coefficient (Wildman–Crippen LogP) is 4.87. The molecular formula is C10H7BrF3IOS. The van der Waals surface area contributed by atoms with Gasteiger partial charge in [-0.1, -0.05) is 28.1 Å². The van der Waals surface area contributed by atoms with Gasteiger partial charge in [0.2, 0.25) is 0 Å². The van der Waals surface area contributed by atoms with E-state index in [9.17, 15) is 18.0 Å². The van der Waals surface area contributed by atoms with Gasteiger partial charge in [-0.05, 0) is 47.3 Å². The Morgan fingerprint density at radius 3 is 2.53 bits per heavy atom. The van der Waals surface area contributed by atoms with E-state index < -0.39 is 10.3 Å². The van der Waals surface area contributed by atoms with Crippen molar-refractivity contribution in [2.75, 3.05) is 0 Å². The molecule has 1 atom stereocenters. The lowest BCUT2D eigenvalue weighted by Crippen LogP contribution is -2.12. The quantitative estimate of drug-likeness (QED) is 0.290. The van der Waals surface area contributed by atoms with E-state index in [0.29, 0.717) is 9.13 Å². The highest BCUT2D eigenvalue weighted by molar-refractivity contribution is 14.1. The van der Waals surface area contributed by atoms with Crippen molar-refractivity contribution in [3.63, 3.8) is 0 Å². The Morgan fingerprint density at radius 1 is 1.47 bits per heavy atom. The minimum Gasteiger partial charge on any atom is -0.293 e. The van der Waals surface area contributed by atoms with Crippen LogP contribution in [0.3, 0.4) is 0 Å². The molecule has 1 unspecified atom stereocenters. The van der Waals surface area contributed by atoms with Crippen molar-refractivity contribution in [3.8, 4) is 0 Å². The Bertz CT molecular complexity index is 434. The molecule has 0 N–H and O–H groups in total. The molecule has 0 spiro atoms. The maximum Gasteiger partial charge on any atom is 0.446 e. The number of halogens is 5. The van der Waals surface area contributed by atoms with Gasteiger partial charge in [-0.25, -0.2) is 0 Å². The summed E-state index contributed by atoms with van der Waals surface area (Å²) >= 11 is 4.68. The third-order valence-corrected chi connectivity index (χ3v) is 4.55. The predicted molar refractivity (Wildman–Crippen MR) is 73.8 cm³/mol. The number of carbonyl (C=O) groups excluding carboxylic acids is 1. The zero-order valence-electron chi connectivity index (χ0n) is 8.52. The highest BCUT2D eigenvalue weighted by Gasteiger charge is 2.31. The van der Waals surface area contributed by atoms with Gasteiger partial charge in [0, 0.05) is 14.0 Å². The molecule has 0 radical (unpaired) electrons. The summed E-state index contributed by atoms with van der Waals surface area (Å²) in [5.74, 6) is -0.223. The fourth-order valence-corrected chi connectivity index (χ4v) is 2.92. The summed E-state index contributed by atoms with van der Waals surface area (Å²) < 4.78 is 37.2. The van der Waals surface area contributed by atoms with Gasteiger partial charge in [0.1, 0.15) is 0 Å². The molecule has 0 aliphatic rings. The minimum atomic E-state index is -4.35. The zero-order chi connectivity index (χ0) is 13.2. The molecule has 1 rings (SSSR count). The number of rotatable bonds is 3. The van der Waals surface area contributed by atoms with Crippen molar-refractivity contribution in [1.82, 2.24) is 0 Å². The van der Waals surface area contributed by atoms with E-state index in [-0.39, 0.29) is 22.4 Å². The first-order chi connectivity index (χ1) is 7.72. The molecule has 1 nitrogen and oxygen atoms in total. The fourth-order valence-electron chi connectivity index (χ4n) is 1.12. The summed E-state index contributed by atoms with van der Waals surface area (Å²) in [4.78, 5) is 11.4. The lowest BCUT2D eigenvalue weighted by molar-refractivity contribution is -0.0328. The first-order valence-corrected chi connectivity index (χ1v) is 7.26. The Labute approximate surface area is 123 Å². The summed E-state index contributed by atoms with van der Waals surface area (Å²) in [6.07, 6.45) is 0. The van der Waals surface area contributed by atoms with Crippen molar-refractivity contribution in [3.05, 3.63) is 27.3 Å². The van der Waals surface area contributed by atoms with Gasteiger partial charge in [-0.3, -0.25) is 4.79 Å². The molecule has 0 amide bonds. The molecule has 0 aliphatic heterocycles. The van der Waals surface area contributed by atoms with E-state index >= 15 is 0 Å². The molecule has 0 saturated carbocycles. The lowest BCUT2D eigenvalue weighted by Gasteiger charge is -2.11. The van der Waals surface area contributed by atoms with Crippen LogP contribution in [-0.4, -0.2) is 16.1 Å². The molecular weight excluding hydrogens is 432 g/mol. The topological polar surface area (TPSA) is 17.1 Å². The standard InChI is InChI=1S/C10H7BrF3IOS/c1-5(11)9(16)6-3-2-4-7(8(6)15)17-10(12,13)14/h2-5H,1H3. The van der Waals surface area contributed by atoms with Gasteiger partial charge >= 0.3 is 5.51 Å². The summed E-state index contributed by atoms with van der Waals surface area (Å²) in [5, 5.41) is 0. The van der Waals surface area contributed by atoms with Gasteiger partial charge in [-0.2, -0.15) is 13.2 Å². The SMILES string of the molecule is CC(Br)C(=O)c1cccc(SC(F)(F)F)c1I. The number of benzene rings is 1. The second kappa shape index (κ2) is 5.92. The molecule has 7 heteroatoms. The largest absolute Gasteiger partial charge is 0.446 e. The molecule has 0 heterocycles. The average molecular weight is 439 g/mol. The molecule has 0 fully saturated rings. The van der Waals surface area contributed by atoms with Crippen molar-refractivity contribution in [1.29, 1.82) is 0 Å². The summed E-state index contributed by atoms with van der Waals surface area (Å²) in [5.41, 5.74) is -4.04. The van der Waals surface area contributed by atoms with Crippen LogP contribution in [0.15, 0.2) is 23.1 Å². The van der Waals surface area contributed by atoms with Crippen LogP contribution in [0, 0.1) is 3.57 Å². The van der Waals surface area contributed by atoms with Crippen molar-refractivity contribution in [2.45, 2.75) is 22.2 Å². The number of carbonyl (C=O) groups is 1. The van der Waals surface area contributed by atoms with Gasteiger partial charge in [0.05, 0.1) is 4.83 Å². The average Bonchev–Trinajstić information content (AvgIpc) is 2.18. The Morgan fingerprint density at radius 2 is 2.06 bits per heavy atom. The van der Waals surface area contributed by atoms with E-state index in [1.54, 1.807) is 29.5 Å². The maximum atomic E-state index is 12.3. The van der Waals surface area contributed by atoms with Crippen LogP contribution in [0.1, 0.15) is 17.3 Å². The number of hydrogen-bond acceptors (Lipinski definition) is 2. The number of hydrogen-bond donors (Lipinski definition) is 0. The number of Topliss-reactive ketones (excluding diaryl/α,β-unsaturated/α-hetero) is 1. The zero-order valence-corrected chi connectivity index (χ0v) is 13.1. The molecule has 1 aromatic rings. The lowest BCUT2D eigenvalue weighted by atomic mass is 10.1. The third kappa shape index (κ3) is 4.44. The Balaban J connectivity index is 3.12. The van der Waals surface area contributed by atoms with Crippen LogP contribution in [0.2, 0.25) is 0 Å². The van der Waals surface area contributed by atoms with E-state index in [2.05, 4.69) is 15.9 Å². The molecule has 0 aromatic heterocycles. The third-order valence-electron chi connectivity index (χ3n) is 1.82. The highest BCUT2D eigenvalue weighted by atomic mass is 127. The number of ketones is 1. The number of thioether (sulfide) groups is 1. The van der Waals surface area contributed by atoms with Crippen LogP contribution in [0.25, 0.3) is 0 Å². The smallest absolute Gasteiger partial charge is 0.293 e. The van der Waals surface area contributed by atoms with Crippen LogP contribution in [-0.2, 0) is 0 Å². The molecule has 0 aliphatic carbocycles. The molecule has 17 heavy (non-hydrogen) atoms. The van der Waals surface area contributed by atoms with Crippen LogP contribution in [0.4, 0.5) is 13.2 Å². The summed E-state index contributed by atoms with van der Waals surface area (Å²) in [6, 6.07) is 4.34. The molecule has 0 bridgehead atoms. The second-order valence-corrected chi connectivity index (χ2v) is 6.70. The van der Waals surface area contributed by atoms with E-state index in [4.69, 9.17) is 0 Å². The van der Waals surface area contributed by atoms with E-state index in [0.717, 1.165) is 0 Å². The van der Waals surface area contributed by atoms with Crippen LogP contribution >= 0.6 is 50.3 Å². The van der Waals surface area contributed by atoms with E-state index in [1.165, 1.54) is 18.2 Å². The van der Waals surface area contributed by atoms with Gasteiger partial charge < -0.3 is 0 Å². The van der Waals surface area contributed by atoms with Gasteiger partial charge in [0.15, 0.2) is 5.78 Å². The normalized spacial score (nSPS) is 13.5. The first kappa shape index (κ1) is 15.3. The second-order valence-electron chi connectivity index (χ2n) is 3.15. The van der Waals surface area contributed by atoms with Crippen LogP contribution in [0.5, 0.6) is 0 Å². The molecule has 0 saturated heterocycles. The van der Waals surface area contributed by atoms with Gasteiger partial charge in [0.25, 0.3) is 0 Å². The summed E-state index contributed by atoms with van der Waals surface area (Å²) in [6.45, 7) is 1.64. The fraction of sp³-hybridized carbons (Fsp3) is 0.300. The van der Waals surface area contributed by atoms with Gasteiger partial charge in [-0.15, -0.1) is 0 Å². The summed E-state index contributed by atoms with van der Waals surface area (Å²) in [7, 11) is 0. The highest BCUT2D eigenvalue weighted by Crippen LogP contribution is 2.40. The Hall–Kier alpha value is 0.240. The van der Waals surface area contributed by atoms with Crippen LogP contribution < -0.4 is 0 Å². The number of alkyl halides is 4. The van der Waals surface area contributed by atoms with Crippen molar-refractivity contribution in [2.24, 2.45) is 0 Å². The Kier molecular flexibility index (Phi) is 5.33.